The maximum Gasteiger partial charge on any atom is 0.303 e. The van der Waals surface area contributed by atoms with Crippen molar-refractivity contribution in [2.45, 2.75) is 51.9 Å². The van der Waals surface area contributed by atoms with Crippen LogP contribution in [0.4, 0.5) is 0 Å². The number of carbonyl (C=O) groups excluding carboxylic acids is 2. The van der Waals surface area contributed by atoms with Crippen LogP contribution in [0.1, 0.15) is 71.9 Å². The summed E-state index contributed by atoms with van der Waals surface area (Å²) in [6.07, 6.45) is 3.71. The second kappa shape index (κ2) is 11.7. The number of halogens is 2. The molecule has 0 radical (unpaired) electrons. The summed E-state index contributed by atoms with van der Waals surface area (Å²) in [4.78, 5) is 37.6. The lowest BCUT2D eigenvalue weighted by Crippen LogP contribution is -2.15. The third-order valence-corrected chi connectivity index (χ3v) is 6.49. The van der Waals surface area contributed by atoms with Crippen molar-refractivity contribution in [2.24, 2.45) is 13.0 Å². The molecule has 2 aromatic carbocycles. The average Bonchev–Trinajstić information content (AvgIpc) is 3.04. The molecule has 0 saturated carbocycles. The second-order valence-electron chi connectivity index (χ2n) is 8.89. The van der Waals surface area contributed by atoms with Gasteiger partial charge in [-0.2, -0.15) is 0 Å². The number of Topliss-reactive ketones (excluding diaryl/α,β-unsaturated/α-hetero) is 2. The number of carboxylic acids is 1. The summed E-state index contributed by atoms with van der Waals surface area (Å²) in [5, 5.41) is 10.9. The molecule has 34 heavy (non-hydrogen) atoms. The highest BCUT2D eigenvalue weighted by Crippen LogP contribution is 2.31. The van der Waals surface area contributed by atoms with Crippen molar-refractivity contribution >= 4 is 51.6 Å². The molecule has 5 nitrogen and oxygen atoms in total. The zero-order valence-corrected chi connectivity index (χ0v) is 21.0. The van der Waals surface area contributed by atoms with Gasteiger partial charge in [-0.15, -0.1) is 0 Å². The smallest absolute Gasteiger partial charge is 0.303 e. The average molecular weight is 502 g/mol. The number of benzene rings is 2. The van der Waals surface area contributed by atoms with Crippen molar-refractivity contribution in [3.05, 3.63) is 69.3 Å². The van der Waals surface area contributed by atoms with Gasteiger partial charge >= 0.3 is 5.97 Å². The van der Waals surface area contributed by atoms with E-state index in [1.165, 1.54) is 5.56 Å². The first-order valence-electron chi connectivity index (χ1n) is 11.5. The van der Waals surface area contributed by atoms with Crippen molar-refractivity contribution < 1.29 is 19.5 Å². The monoisotopic (exact) mass is 501 g/mol. The summed E-state index contributed by atoms with van der Waals surface area (Å²) in [6.45, 7) is 1.73. The Labute approximate surface area is 209 Å². The summed E-state index contributed by atoms with van der Waals surface area (Å²) in [6, 6.07) is 13.0. The molecule has 7 heteroatoms. The van der Waals surface area contributed by atoms with Crippen LogP contribution in [0, 0.1) is 5.92 Å². The largest absolute Gasteiger partial charge is 0.481 e. The van der Waals surface area contributed by atoms with Gasteiger partial charge in [0.25, 0.3) is 0 Å². The van der Waals surface area contributed by atoms with Gasteiger partial charge in [0.05, 0.1) is 11.3 Å². The molecular formula is C27H29Cl2NO4. The van der Waals surface area contributed by atoms with E-state index >= 15 is 0 Å². The van der Waals surface area contributed by atoms with E-state index in [9.17, 15) is 14.4 Å². The van der Waals surface area contributed by atoms with Gasteiger partial charge < -0.3 is 9.67 Å². The normalized spacial score (nSPS) is 12.1. The van der Waals surface area contributed by atoms with Crippen LogP contribution in [-0.2, 0) is 18.3 Å². The van der Waals surface area contributed by atoms with Gasteiger partial charge in [-0.3, -0.25) is 14.4 Å². The minimum Gasteiger partial charge on any atom is -0.481 e. The first-order valence-corrected chi connectivity index (χ1v) is 12.2. The Hall–Kier alpha value is -2.63. The second-order valence-corrected chi connectivity index (χ2v) is 9.76. The number of carbonyl (C=O) groups is 3. The van der Waals surface area contributed by atoms with Crippen molar-refractivity contribution in [3.8, 4) is 0 Å². The first kappa shape index (κ1) is 26.0. The van der Waals surface area contributed by atoms with E-state index in [1.807, 2.05) is 24.3 Å². The Kier molecular flexibility index (Phi) is 8.92. The standard InChI is InChI=1S/C27H29Cl2NO4/c1-17(14-25(33)34)13-24(32)26-21-16-20(29)11-12-22(21)30(2)27(26)23(31)10-5-3-4-7-18-8-6-9-19(28)15-18/h6,8-9,11-12,15-17H,3-5,7,10,13-14H2,1-2H3,(H,33,34)/t17-/m0/s1. The van der Waals surface area contributed by atoms with E-state index in [2.05, 4.69) is 0 Å². The number of fused-ring (bicyclic) bond motifs is 1. The van der Waals surface area contributed by atoms with Crippen LogP contribution < -0.4 is 0 Å². The topological polar surface area (TPSA) is 76.4 Å². The molecule has 0 unspecified atom stereocenters. The van der Waals surface area contributed by atoms with Crippen LogP contribution in [0.15, 0.2) is 42.5 Å². The van der Waals surface area contributed by atoms with Crippen LogP contribution in [0.5, 0.6) is 0 Å². The lowest BCUT2D eigenvalue weighted by molar-refractivity contribution is -0.137. The van der Waals surface area contributed by atoms with Crippen LogP contribution in [0.3, 0.4) is 0 Å². The number of aryl methyl sites for hydroxylation is 2. The highest BCUT2D eigenvalue weighted by molar-refractivity contribution is 6.32. The fourth-order valence-electron chi connectivity index (χ4n) is 4.42. The van der Waals surface area contributed by atoms with Crippen LogP contribution in [0.2, 0.25) is 10.0 Å². The van der Waals surface area contributed by atoms with Crippen LogP contribution in [0.25, 0.3) is 10.9 Å². The molecule has 1 atom stereocenters. The predicted octanol–water partition coefficient (Wildman–Crippen LogP) is 7.15. The van der Waals surface area contributed by atoms with Gasteiger partial charge in [-0.25, -0.2) is 0 Å². The molecule has 0 spiro atoms. The number of hydrogen-bond acceptors (Lipinski definition) is 3. The third-order valence-electron chi connectivity index (χ3n) is 6.02. The van der Waals surface area contributed by atoms with Gasteiger partial charge in [0.15, 0.2) is 11.6 Å². The van der Waals surface area contributed by atoms with E-state index in [-0.39, 0.29) is 30.3 Å². The highest BCUT2D eigenvalue weighted by Gasteiger charge is 2.27. The van der Waals surface area contributed by atoms with Gasteiger partial charge in [-0.05, 0) is 61.1 Å². The van der Waals surface area contributed by atoms with Gasteiger partial charge in [0.2, 0.25) is 0 Å². The number of carboxylic acid groups (broad SMARTS) is 1. The molecule has 0 amide bonds. The van der Waals surface area contributed by atoms with Crippen molar-refractivity contribution in [2.75, 3.05) is 0 Å². The fourth-order valence-corrected chi connectivity index (χ4v) is 4.80. The quantitative estimate of drug-likeness (QED) is 0.211. The molecule has 1 N–H and O–H groups in total. The Balaban J connectivity index is 1.75. The minimum absolute atomic E-state index is 0.0534. The number of hydrogen-bond donors (Lipinski definition) is 1. The Morgan fingerprint density at radius 1 is 0.941 bits per heavy atom. The molecule has 180 valence electrons. The Morgan fingerprint density at radius 3 is 2.38 bits per heavy atom. The molecule has 1 aromatic heterocycles. The molecule has 0 aliphatic carbocycles. The molecule has 0 aliphatic heterocycles. The SMILES string of the molecule is C[C@H](CC(=O)O)CC(=O)c1c(C(=O)CCCCCc2cccc(Cl)c2)n(C)c2ccc(Cl)cc12. The lowest BCUT2D eigenvalue weighted by atomic mass is 9.94. The number of rotatable bonds is 12. The highest BCUT2D eigenvalue weighted by atomic mass is 35.5. The maximum absolute atomic E-state index is 13.3. The zero-order chi connectivity index (χ0) is 24.8. The summed E-state index contributed by atoms with van der Waals surface area (Å²) >= 11 is 12.2. The molecule has 0 bridgehead atoms. The number of ketones is 2. The summed E-state index contributed by atoms with van der Waals surface area (Å²) < 4.78 is 1.76. The molecule has 0 fully saturated rings. The first-order chi connectivity index (χ1) is 16.2. The summed E-state index contributed by atoms with van der Waals surface area (Å²) in [5.74, 6) is -1.61. The van der Waals surface area contributed by atoms with E-state index in [4.69, 9.17) is 28.3 Å². The zero-order valence-electron chi connectivity index (χ0n) is 19.4. The number of unbranched alkanes of at least 4 members (excludes halogenated alkanes) is 2. The van der Waals surface area contributed by atoms with E-state index in [0.717, 1.165) is 29.8 Å². The Morgan fingerprint density at radius 2 is 1.68 bits per heavy atom. The van der Waals surface area contributed by atoms with Crippen LogP contribution >= 0.6 is 23.2 Å². The number of aromatic nitrogens is 1. The number of nitrogens with zero attached hydrogens (tertiary/aromatic N) is 1. The van der Waals surface area contributed by atoms with Crippen molar-refractivity contribution in [1.29, 1.82) is 0 Å². The van der Waals surface area contributed by atoms with Crippen molar-refractivity contribution in [1.82, 2.24) is 4.57 Å². The predicted molar refractivity (Wildman–Crippen MR) is 136 cm³/mol. The van der Waals surface area contributed by atoms with Gasteiger partial charge in [0, 0.05) is 47.3 Å². The molecule has 1 heterocycles. The van der Waals surface area contributed by atoms with Crippen LogP contribution in [-0.4, -0.2) is 27.2 Å². The van der Waals surface area contributed by atoms with Crippen molar-refractivity contribution in [3.63, 3.8) is 0 Å². The van der Waals surface area contributed by atoms with E-state index < -0.39 is 5.97 Å². The maximum atomic E-state index is 13.3. The fraction of sp³-hybridized carbons (Fsp3) is 0.370. The summed E-state index contributed by atoms with van der Waals surface area (Å²) in [7, 11) is 1.78. The van der Waals surface area contributed by atoms with E-state index in [0.29, 0.717) is 34.5 Å². The summed E-state index contributed by atoms with van der Waals surface area (Å²) in [5.41, 5.74) is 2.65. The molecular weight excluding hydrogens is 473 g/mol. The number of aliphatic carboxylic acids is 1. The van der Waals surface area contributed by atoms with Gasteiger partial charge in [-0.1, -0.05) is 48.7 Å². The van der Waals surface area contributed by atoms with Gasteiger partial charge in [0.1, 0.15) is 0 Å². The molecule has 3 aromatic rings. The lowest BCUT2D eigenvalue weighted by Gasteiger charge is -2.10. The van der Waals surface area contributed by atoms with E-state index in [1.54, 1.807) is 36.7 Å². The molecule has 3 rings (SSSR count). The molecule has 0 saturated heterocycles. The Bertz CT molecular complexity index is 1210. The molecule has 0 aliphatic rings. The minimum atomic E-state index is -0.949. The third kappa shape index (κ3) is 6.49.